The van der Waals surface area contributed by atoms with Crippen molar-refractivity contribution in [3.8, 4) is 45.4 Å². The number of ether oxygens (including phenoxy) is 4. The second-order valence-corrected chi connectivity index (χ2v) is 8.98. The van der Waals surface area contributed by atoms with Gasteiger partial charge in [0, 0.05) is 35.8 Å². The molecule has 0 fully saturated rings. The molecule has 5 rings (SSSR count). The van der Waals surface area contributed by atoms with Gasteiger partial charge >= 0.3 is 0 Å². The minimum atomic E-state index is 0.550. The summed E-state index contributed by atoms with van der Waals surface area (Å²) in [5.74, 6) is 2.91. The molecule has 1 aliphatic heterocycles. The lowest BCUT2D eigenvalue weighted by Gasteiger charge is -2.20. The average Bonchev–Trinajstić information content (AvgIpc) is 3.26. The molecular formula is C28H28ClN3O4. The number of hydrogen-bond donors (Lipinski definition) is 1. The van der Waals surface area contributed by atoms with Gasteiger partial charge in [-0.2, -0.15) is 5.10 Å². The molecule has 3 aromatic carbocycles. The number of hydrogen-bond acceptors (Lipinski definition) is 6. The van der Waals surface area contributed by atoms with Crippen molar-refractivity contribution in [2.45, 2.75) is 13.1 Å². The quantitative estimate of drug-likeness (QED) is 0.341. The molecule has 0 radical (unpaired) electrons. The van der Waals surface area contributed by atoms with Gasteiger partial charge in [0.15, 0.2) is 11.5 Å². The number of nitrogens with zero attached hydrogens (tertiary/aromatic N) is 2. The lowest BCUT2D eigenvalue weighted by Crippen LogP contribution is -2.25. The van der Waals surface area contributed by atoms with Gasteiger partial charge < -0.3 is 18.9 Å². The molecule has 4 aromatic rings. The molecule has 0 saturated heterocycles. The molecule has 8 heteroatoms. The van der Waals surface area contributed by atoms with Gasteiger partial charge in [-0.05, 0) is 47.5 Å². The summed E-state index contributed by atoms with van der Waals surface area (Å²) in [4.78, 5) is 2.35. The number of benzene rings is 3. The standard InChI is InChI=1S/C28H28ClN3O4/c1-33-23-5-4-6-24(34-2)26(23)19-13-20-16-32(11-12-36-28(20)25(14-19)35-3)17-21-15-30-31-27(21)18-7-9-22(29)10-8-18/h4-10,13-15H,11-12,16-17H2,1-3H3,(H,30,31). The van der Waals surface area contributed by atoms with Gasteiger partial charge in [-0.25, -0.2) is 0 Å². The van der Waals surface area contributed by atoms with Crippen molar-refractivity contribution in [1.82, 2.24) is 15.1 Å². The van der Waals surface area contributed by atoms with Gasteiger partial charge in [-0.1, -0.05) is 29.8 Å². The largest absolute Gasteiger partial charge is 0.496 e. The number of aromatic amines is 1. The van der Waals surface area contributed by atoms with E-state index in [2.05, 4.69) is 21.2 Å². The first-order valence-corrected chi connectivity index (χ1v) is 12.0. The Kier molecular flexibility index (Phi) is 7.02. The Bertz CT molecular complexity index is 1330. The van der Waals surface area contributed by atoms with Crippen LogP contribution in [0.1, 0.15) is 11.1 Å². The normalized spacial score (nSPS) is 13.4. The van der Waals surface area contributed by atoms with E-state index in [4.69, 9.17) is 30.5 Å². The number of H-pyrrole nitrogens is 1. The molecule has 36 heavy (non-hydrogen) atoms. The van der Waals surface area contributed by atoms with Crippen molar-refractivity contribution in [3.63, 3.8) is 0 Å². The zero-order valence-electron chi connectivity index (χ0n) is 20.5. The van der Waals surface area contributed by atoms with Crippen LogP contribution in [0.5, 0.6) is 23.0 Å². The van der Waals surface area contributed by atoms with E-state index in [0.717, 1.165) is 57.3 Å². The first kappa shape index (κ1) is 24.0. The highest BCUT2D eigenvalue weighted by atomic mass is 35.5. The number of nitrogens with one attached hydrogen (secondary N) is 1. The highest BCUT2D eigenvalue weighted by molar-refractivity contribution is 6.30. The molecule has 7 nitrogen and oxygen atoms in total. The van der Waals surface area contributed by atoms with E-state index >= 15 is 0 Å². The van der Waals surface area contributed by atoms with E-state index < -0.39 is 0 Å². The smallest absolute Gasteiger partial charge is 0.165 e. The Labute approximate surface area is 215 Å². The third kappa shape index (κ3) is 4.72. The van der Waals surface area contributed by atoms with Crippen molar-refractivity contribution in [3.05, 3.63) is 76.9 Å². The van der Waals surface area contributed by atoms with Crippen LogP contribution in [-0.4, -0.2) is 49.6 Å². The van der Waals surface area contributed by atoms with E-state index in [1.54, 1.807) is 21.3 Å². The summed E-state index contributed by atoms with van der Waals surface area (Å²) in [7, 11) is 4.98. The molecule has 0 spiro atoms. The molecule has 0 saturated carbocycles. The highest BCUT2D eigenvalue weighted by Gasteiger charge is 2.24. The van der Waals surface area contributed by atoms with Crippen molar-refractivity contribution in [2.24, 2.45) is 0 Å². The Balaban J connectivity index is 1.49. The molecule has 0 unspecified atom stereocenters. The van der Waals surface area contributed by atoms with Crippen molar-refractivity contribution in [1.29, 1.82) is 0 Å². The Hall–Kier alpha value is -3.68. The summed E-state index contributed by atoms with van der Waals surface area (Å²) < 4.78 is 23.3. The maximum atomic E-state index is 6.18. The van der Waals surface area contributed by atoms with Crippen LogP contribution in [0.25, 0.3) is 22.4 Å². The number of rotatable bonds is 7. The summed E-state index contributed by atoms with van der Waals surface area (Å²) in [5.41, 5.74) is 5.99. The molecule has 0 atom stereocenters. The molecule has 1 aromatic heterocycles. The lowest BCUT2D eigenvalue weighted by molar-refractivity contribution is 0.217. The molecule has 0 amide bonds. The molecule has 0 bridgehead atoms. The first-order valence-electron chi connectivity index (χ1n) is 11.7. The van der Waals surface area contributed by atoms with E-state index in [1.165, 1.54) is 0 Å². The van der Waals surface area contributed by atoms with Gasteiger partial charge in [0.25, 0.3) is 0 Å². The minimum Gasteiger partial charge on any atom is -0.496 e. The van der Waals surface area contributed by atoms with E-state index in [0.29, 0.717) is 30.5 Å². The summed E-state index contributed by atoms with van der Waals surface area (Å²) in [5, 5.41) is 8.16. The fourth-order valence-corrected chi connectivity index (χ4v) is 4.77. The van der Waals surface area contributed by atoms with Crippen LogP contribution in [0.3, 0.4) is 0 Å². The highest BCUT2D eigenvalue weighted by Crippen LogP contribution is 2.44. The summed E-state index contributed by atoms with van der Waals surface area (Å²) in [6.07, 6.45) is 1.88. The minimum absolute atomic E-state index is 0.550. The van der Waals surface area contributed by atoms with Crippen LogP contribution in [-0.2, 0) is 13.1 Å². The lowest BCUT2D eigenvalue weighted by atomic mass is 9.99. The van der Waals surface area contributed by atoms with Crippen LogP contribution in [0, 0.1) is 0 Å². The maximum absolute atomic E-state index is 6.18. The van der Waals surface area contributed by atoms with Gasteiger partial charge in [0.1, 0.15) is 18.1 Å². The van der Waals surface area contributed by atoms with Crippen LogP contribution in [0.15, 0.2) is 60.8 Å². The SMILES string of the molecule is COc1cc(-c2c(OC)cccc2OC)cc2c1OCCN(Cc1cn[nH]c1-c1ccc(Cl)cc1)C2. The molecule has 1 aliphatic rings. The van der Waals surface area contributed by atoms with Gasteiger partial charge in [0.05, 0.1) is 38.8 Å². The maximum Gasteiger partial charge on any atom is 0.165 e. The van der Waals surface area contributed by atoms with Crippen LogP contribution >= 0.6 is 11.6 Å². The third-order valence-corrected chi connectivity index (χ3v) is 6.61. The van der Waals surface area contributed by atoms with Gasteiger partial charge in [0.2, 0.25) is 0 Å². The van der Waals surface area contributed by atoms with Gasteiger partial charge in [-0.3, -0.25) is 10.00 Å². The predicted octanol–water partition coefficient (Wildman–Crippen LogP) is 5.82. The topological polar surface area (TPSA) is 68.8 Å². The van der Waals surface area contributed by atoms with Crippen LogP contribution in [0.4, 0.5) is 0 Å². The number of methoxy groups -OCH3 is 3. The summed E-state index contributed by atoms with van der Waals surface area (Å²) in [6, 6.07) is 17.6. The fraction of sp³-hybridized carbons (Fsp3) is 0.250. The first-order chi connectivity index (χ1) is 17.6. The second-order valence-electron chi connectivity index (χ2n) is 8.54. The van der Waals surface area contributed by atoms with Gasteiger partial charge in [-0.15, -0.1) is 0 Å². The van der Waals surface area contributed by atoms with E-state index in [-0.39, 0.29) is 0 Å². The third-order valence-electron chi connectivity index (χ3n) is 6.36. The van der Waals surface area contributed by atoms with Crippen molar-refractivity contribution >= 4 is 11.6 Å². The Morgan fingerprint density at radius 1 is 0.944 bits per heavy atom. The second kappa shape index (κ2) is 10.5. The molecular weight excluding hydrogens is 478 g/mol. The van der Waals surface area contributed by atoms with E-state index in [1.807, 2.05) is 54.7 Å². The zero-order valence-corrected chi connectivity index (χ0v) is 21.3. The van der Waals surface area contributed by atoms with E-state index in [9.17, 15) is 0 Å². The molecule has 186 valence electrons. The molecule has 1 N–H and O–H groups in total. The number of fused-ring (bicyclic) bond motifs is 1. The predicted molar refractivity (Wildman–Crippen MR) is 140 cm³/mol. The average molecular weight is 506 g/mol. The summed E-state index contributed by atoms with van der Waals surface area (Å²) in [6.45, 7) is 2.70. The molecule has 0 aliphatic carbocycles. The number of aromatic nitrogens is 2. The Morgan fingerprint density at radius 3 is 2.36 bits per heavy atom. The zero-order chi connectivity index (χ0) is 25.1. The van der Waals surface area contributed by atoms with Crippen molar-refractivity contribution in [2.75, 3.05) is 34.5 Å². The van der Waals surface area contributed by atoms with Crippen molar-refractivity contribution < 1.29 is 18.9 Å². The molecule has 2 heterocycles. The monoisotopic (exact) mass is 505 g/mol. The van der Waals surface area contributed by atoms with Crippen LogP contribution in [0.2, 0.25) is 5.02 Å². The van der Waals surface area contributed by atoms with Crippen LogP contribution < -0.4 is 18.9 Å². The Morgan fingerprint density at radius 2 is 1.67 bits per heavy atom. The number of halogens is 1. The fourth-order valence-electron chi connectivity index (χ4n) is 4.64. The summed E-state index contributed by atoms with van der Waals surface area (Å²) >= 11 is 6.08.